The van der Waals surface area contributed by atoms with Crippen LogP contribution in [-0.4, -0.2) is 79.9 Å². The third-order valence-corrected chi connectivity index (χ3v) is 19.7. The summed E-state index contributed by atoms with van der Waals surface area (Å²) in [6.07, 6.45) is 26.7. The largest absolute Gasteiger partial charge is 0.504 e. The third kappa shape index (κ3) is 11.5. The molecule has 5 saturated carbocycles. The number of anilines is 1. The Balaban J connectivity index is 1.20. The van der Waals surface area contributed by atoms with E-state index in [1.165, 1.54) is 18.4 Å². The number of nitrogens with zero attached hydrogens (tertiary/aromatic N) is 1. The van der Waals surface area contributed by atoms with Crippen LogP contribution < -0.4 is 30.2 Å². The Hall–Kier alpha value is -4.72. The van der Waals surface area contributed by atoms with Crippen LogP contribution >= 0.6 is 0 Å². The molecular weight excluding hydrogens is 941 g/mol. The predicted molar refractivity (Wildman–Crippen MR) is 295 cm³/mol. The Morgan fingerprint density at radius 2 is 1.87 bits per heavy atom. The van der Waals surface area contributed by atoms with E-state index in [0.29, 0.717) is 104 Å². The number of nitrogens with one attached hydrogen (secondary N) is 3. The zero-order valence-corrected chi connectivity index (χ0v) is 45.8. The number of methoxy groups -OCH3 is 1. The fourth-order valence-electron chi connectivity index (χ4n) is 16.4. The topological polar surface area (TPSA) is 163 Å². The number of likely N-dealkylation sites (N-methyl/N-ethyl adjacent to an activating group) is 1. The van der Waals surface area contributed by atoms with Gasteiger partial charge in [0, 0.05) is 62.9 Å². The van der Waals surface area contributed by atoms with Gasteiger partial charge in [-0.1, -0.05) is 82.8 Å². The number of guanidine groups is 1. The van der Waals surface area contributed by atoms with Gasteiger partial charge in [0.1, 0.15) is 11.7 Å². The second-order valence-electron chi connectivity index (χ2n) is 23.8. The highest BCUT2D eigenvalue weighted by molar-refractivity contribution is 5.97. The van der Waals surface area contributed by atoms with Crippen LogP contribution in [0.3, 0.4) is 0 Å². The molecular formula is C63H88N4O8. The highest BCUT2D eigenvalue weighted by Crippen LogP contribution is 2.67. The van der Waals surface area contributed by atoms with E-state index in [-0.39, 0.29) is 47.2 Å². The molecule has 13 atom stereocenters. The van der Waals surface area contributed by atoms with Gasteiger partial charge in [-0.15, -0.1) is 0 Å². The van der Waals surface area contributed by atoms with Gasteiger partial charge < -0.3 is 44.9 Å². The maximum Gasteiger partial charge on any atom is 0.207 e. The van der Waals surface area contributed by atoms with Gasteiger partial charge in [0.2, 0.25) is 11.7 Å². The minimum Gasteiger partial charge on any atom is -0.504 e. The van der Waals surface area contributed by atoms with Gasteiger partial charge in [0.15, 0.2) is 29.3 Å². The van der Waals surface area contributed by atoms with E-state index in [9.17, 15) is 15.3 Å². The van der Waals surface area contributed by atoms with Gasteiger partial charge in [-0.3, -0.25) is 15.1 Å². The Kier molecular flexibility index (Phi) is 18.2. The smallest absolute Gasteiger partial charge is 0.207 e. The molecule has 75 heavy (non-hydrogen) atoms. The number of aliphatic hydroxyl groups excluding tert-OH is 2. The van der Waals surface area contributed by atoms with E-state index in [1.807, 2.05) is 25.3 Å². The number of phenols is 1. The summed E-state index contributed by atoms with van der Waals surface area (Å²) in [5, 5.41) is 42.9. The van der Waals surface area contributed by atoms with E-state index < -0.39 is 17.3 Å². The van der Waals surface area contributed by atoms with Crippen molar-refractivity contribution < 1.29 is 39.1 Å². The number of carbonyl (C=O) groups is 1. The molecule has 0 radical (unpaired) electrons. The maximum atomic E-state index is 15.8. The van der Waals surface area contributed by atoms with E-state index in [2.05, 4.69) is 72.0 Å². The number of aromatic hydroxyl groups is 1. The lowest BCUT2D eigenvalue weighted by Gasteiger charge is -2.59. The molecule has 12 nitrogen and oxygen atoms in total. The summed E-state index contributed by atoms with van der Waals surface area (Å²) >= 11 is 0. The molecule has 2 aromatic rings. The standard InChI is InChI=1S/C63H88N4O8/c1-6-8-9-10-31-73-58(71)35-45-40-61(41-64-3)39-44(45)16-15-32-74-59-53-36-47(37-56(59)75-61)63-28-12-20-51(63)49(19-14-30-68)48-23-21-42(7-2)33-50(48)52(63)24-26-57(70)62(38-43-22-25-54(69)55(34-43)72-5)27-11-17-46(62)18-13-29-66-60(65-4)67-53/h22,24-26,34,36-37,42,44-46,48-52,58,64,68-69,71H,6-12,14,16-21,23,27-28,30-31,33,35,38-41H2,1-5H3,(H2,65,66,67). The number of aliphatic imine (C=N–C) groups is 1. The number of hydrogen-bond acceptors (Lipinski definition) is 10. The van der Waals surface area contributed by atoms with Gasteiger partial charge in [0.05, 0.1) is 12.8 Å². The second-order valence-corrected chi connectivity index (χ2v) is 23.8. The lowest BCUT2D eigenvalue weighted by atomic mass is 9.45. The minimum absolute atomic E-state index is 0.0107. The summed E-state index contributed by atoms with van der Waals surface area (Å²) in [5.41, 5.74) is 1.12. The monoisotopic (exact) mass is 1030 g/mol. The Morgan fingerprint density at radius 3 is 2.67 bits per heavy atom. The van der Waals surface area contributed by atoms with Crippen molar-refractivity contribution in [2.45, 2.75) is 172 Å². The number of unbranched alkanes of at least 4 members (excludes halogenated alkanes) is 3. The van der Waals surface area contributed by atoms with E-state index >= 15 is 4.79 Å². The van der Waals surface area contributed by atoms with Crippen molar-refractivity contribution in [1.82, 2.24) is 10.6 Å². The molecule has 408 valence electrons. The van der Waals surface area contributed by atoms with Crippen LogP contribution in [0.15, 0.2) is 47.5 Å². The molecule has 12 heteroatoms. The zero-order chi connectivity index (χ0) is 52.6. The summed E-state index contributed by atoms with van der Waals surface area (Å²) in [4.78, 5) is 20.5. The van der Waals surface area contributed by atoms with Crippen molar-refractivity contribution in [2.75, 3.05) is 46.3 Å². The van der Waals surface area contributed by atoms with Crippen molar-refractivity contribution in [3.63, 3.8) is 0 Å². The Morgan fingerprint density at radius 1 is 1.00 bits per heavy atom. The van der Waals surface area contributed by atoms with Crippen LogP contribution in [0.1, 0.15) is 160 Å². The molecule has 0 amide bonds. The molecule has 5 fully saturated rings. The number of rotatable bonds is 17. The van der Waals surface area contributed by atoms with Gasteiger partial charge >= 0.3 is 0 Å². The lowest BCUT2D eigenvalue weighted by Crippen LogP contribution is -2.55. The second kappa shape index (κ2) is 24.7. The quantitative estimate of drug-likeness (QED) is 0.0508. The summed E-state index contributed by atoms with van der Waals surface area (Å²) in [5.74, 6) is 11.5. The van der Waals surface area contributed by atoms with Gasteiger partial charge in [-0.05, 0) is 179 Å². The first kappa shape index (κ1) is 55.0. The van der Waals surface area contributed by atoms with Crippen molar-refractivity contribution in [3.05, 3.63) is 53.6 Å². The molecule has 2 heterocycles. The minimum atomic E-state index is -0.863. The summed E-state index contributed by atoms with van der Waals surface area (Å²) in [6.45, 7) is 5.86. The van der Waals surface area contributed by atoms with Gasteiger partial charge in [-0.25, -0.2) is 0 Å². The van der Waals surface area contributed by atoms with E-state index in [0.717, 1.165) is 102 Å². The highest BCUT2D eigenvalue weighted by Gasteiger charge is 2.61. The molecule has 6 N–H and O–H groups in total. The normalized spacial score (nSPS) is 33.8. The molecule has 4 bridgehead atoms. The van der Waals surface area contributed by atoms with Crippen LogP contribution in [0.2, 0.25) is 0 Å². The number of ketones is 1. The fraction of sp³-hybridized carbons (Fsp3) is 0.683. The van der Waals surface area contributed by atoms with Crippen LogP contribution in [0, 0.1) is 82.7 Å². The third-order valence-electron chi connectivity index (χ3n) is 19.7. The van der Waals surface area contributed by atoms with Crippen molar-refractivity contribution in [1.29, 1.82) is 0 Å². The number of ether oxygens (including phenoxy) is 4. The first-order chi connectivity index (χ1) is 36.5. The average Bonchev–Trinajstić information content (AvgIpc) is 4.13. The van der Waals surface area contributed by atoms with E-state index in [4.69, 9.17) is 23.9 Å². The van der Waals surface area contributed by atoms with Crippen LogP contribution in [0.25, 0.3) is 0 Å². The number of phenolic OH excluding ortho intramolecular Hbond substituents is 1. The molecule has 1 spiro atoms. The molecule has 2 aromatic carbocycles. The zero-order valence-electron chi connectivity index (χ0n) is 45.8. The molecule has 7 aliphatic rings. The number of aliphatic hydroxyl groups is 2. The van der Waals surface area contributed by atoms with Gasteiger partial charge in [-0.2, -0.15) is 0 Å². The number of allylic oxidation sites excluding steroid dienone is 2. The van der Waals surface area contributed by atoms with Crippen LogP contribution in [-0.2, 0) is 21.4 Å². The average molecular weight is 1030 g/mol. The molecule has 0 saturated heterocycles. The number of carbonyl (C=O) groups excluding carboxylic acids is 1. The first-order valence-electron chi connectivity index (χ1n) is 29.2. The lowest BCUT2D eigenvalue weighted by molar-refractivity contribution is -0.125. The van der Waals surface area contributed by atoms with Gasteiger partial charge in [0.25, 0.3) is 0 Å². The number of hydrogen-bond donors (Lipinski definition) is 6. The van der Waals surface area contributed by atoms with Crippen LogP contribution in [0.5, 0.6) is 23.0 Å². The number of fused-ring (bicyclic) bond motifs is 9. The molecule has 13 unspecified atom stereocenters. The van der Waals surface area contributed by atoms with Crippen molar-refractivity contribution >= 4 is 17.4 Å². The molecule has 9 rings (SSSR count). The number of benzene rings is 2. The van der Waals surface area contributed by atoms with E-state index in [1.54, 1.807) is 20.2 Å². The van der Waals surface area contributed by atoms with Crippen molar-refractivity contribution in [2.24, 2.45) is 63.7 Å². The van der Waals surface area contributed by atoms with Crippen LogP contribution in [0.4, 0.5) is 5.69 Å². The SMILES string of the molecule is CCCCCCOC(O)CC1CC2(CNC)CC1CC#COc1c3cc(cc1O2)C12CCCC1C(CCCO)C1CCC(CC)CC1C2C=CC(=O)C1(Cc2ccc(O)c(OC)c2)CCCC1CC#CNC(=NC)N3. The van der Waals surface area contributed by atoms with Crippen molar-refractivity contribution in [3.8, 4) is 47.0 Å². The maximum absolute atomic E-state index is 15.8. The molecule has 2 aliphatic heterocycles. The Bertz CT molecular complexity index is 2490. The molecule has 0 aromatic heterocycles. The summed E-state index contributed by atoms with van der Waals surface area (Å²) < 4.78 is 25.9. The summed E-state index contributed by atoms with van der Waals surface area (Å²) in [6, 6.07) is 13.3. The fourth-order valence-corrected chi connectivity index (χ4v) is 16.4. The first-order valence-corrected chi connectivity index (χ1v) is 29.2. The Labute approximate surface area is 448 Å². The molecule has 5 aliphatic carbocycles. The summed E-state index contributed by atoms with van der Waals surface area (Å²) in [7, 11) is 5.30. The predicted octanol–water partition coefficient (Wildman–Crippen LogP) is 10.8. The highest BCUT2D eigenvalue weighted by atomic mass is 16.6.